The van der Waals surface area contributed by atoms with Crippen molar-refractivity contribution >= 4 is 47.0 Å². The highest BCUT2D eigenvalue weighted by Gasteiger charge is 2.21. The van der Waals surface area contributed by atoms with Gasteiger partial charge in [0.25, 0.3) is 0 Å². The summed E-state index contributed by atoms with van der Waals surface area (Å²) >= 11 is 1.81. The first-order valence-electron chi connectivity index (χ1n) is 10.1. The van der Waals surface area contributed by atoms with Crippen LogP contribution in [0.4, 0.5) is 5.69 Å². The van der Waals surface area contributed by atoms with Crippen molar-refractivity contribution in [1.82, 2.24) is 10.6 Å². The lowest BCUT2D eigenvalue weighted by Crippen LogP contribution is -2.43. The highest BCUT2D eigenvalue weighted by atomic mass is 127. The topological polar surface area (TPSA) is 48.9 Å². The molecule has 1 aromatic heterocycles. The molecule has 3 rings (SSSR count). The Kier molecular flexibility index (Phi) is 9.71. The fourth-order valence-corrected chi connectivity index (χ4v) is 4.05. The molecule has 1 aliphatic rings. The number of hydrogen-bond donors (Lipinski definition) is 2. The SMILES string of the molecule is CCNC(=NCc1ccc(N2CCOCC2)cc1)NCC(C)(C)c1cccs1.I. The molecule has 2 heterocycles. The minimum absolute atomic E-state index is 0. The van der Waals surface area contributed by atoms with Crippen molar-refractivity contribution in [3.05, 3.63) is 52.2 Å². The lowest BCUT2D eigenvalue weighted by molar-refractivity contribution is 0.122. The van der Waals surface area contributed by atoms with Crippen LogP contribution in [0.3, 0.4) is 0 Å². The molecule has 0 aliphatic carbocycles. The van der Waals surface area contributed by atoms with E-state index in [1.165, 1.54) is 16.1 Å². The molecule has 160 valence electrons. The lowest BCUT2D eigenvalue weighted by Gasteiger charge is -2.28. The minimum atomic E-state index is 0. The van der Waals surface area contributed by atoms with Crippen molar-refractivity contribution in [2.24, 2.45) is 4.99 Å². The number of halogens is 1. The molecule has 0 atom stereocenters. The summed E-state index contributed by atoms with van der Waals surface area (Å²) in [6.45, 7) is 12.5. The Bertz CT molecular complexity index is 741. The van der Waals surface area contributed by atoms with Crippen LogP contribution in [0, 0.1) is 0 Å². The maximum atomic E-state index is 5.43. The molecule has 7 heteroatoms. The molecule has 0 unspecified atom stereocenters. The summed E-state index contributed by atoms with van der Waals surface area (Å²) in [5.41, 5.74) is 2.55. The Morgan fingerprint density at radius 3 is 2.48 bits per heavy atom. The lowest BCUT2D eigenvalue weighted by atomic mass is 9.91. The maximum absolute atomic E-state index is 5.43. The van der Waals surface area contributed by atoms with Crippen LogP contribution in [0.2, 0.25) is 0 Å². The van der Waals surface area contributed by atoms with E-state index in [4.69, 9.17) is 9.73 Å². The largest absolute Gasteiger partial charge is 0.378 e. The third-order valence-corrected chi connectivity index (χ3v) is 6.20. The van der Waals surface area contributed by atoms with Crippen LogP contribution < -0.4 is 15.5 Å². The second kappa shape index (κ2) is 11.8. The van der Waals surface area contributed by atoms with E-state index >= 15 is 0 Å². The number of thiophene rings is 1. The number of nitrogens with zero attached hydrogens (tertiary/aromatic N) is 2. The van der Waals surface area contributed by atoms with Gasteiger partial charge in [-0.3, -0.25) is 0 Å². The molecule has 0 amide bonds. The van der Waals surface area contributed by atoms with Crippen LogP contribution in [0.5, 0.6) is 0 Å². The molecule has 1 aromatic carbocycles. The standard InChI is InChI=1S/C22H32N4OS.HI/c1-4-23-21(25-17-22(2,3)20-6-5-15-28-20)24-16-18-7-9-19(10-8-18)26-11-13-27-14-12-26;/h5-10,15H,4,11-14,16-17H2,1-3H3,(H2,23,24,25);1H. The third kappa shape index (κ3) is 7.15. The van der Waals surface area contributed by atoms with Gasteiger partial charge in [0.15, 0.2) is 5.96 Å². The Labute approximate surface area is 196 Å². The summed E-state index contributed by atoms with van der Waals surface area (Å²) in [4.78, 5) is 8.53. The predicted octanol–water partition coefficient (Wildman–Crippen LogP) is 4.24. The van der Waals surface area contributed by atoms with E-state index in [-0.39, 0.29) is 29.4 Å². The number of hydrogen-bond acceptors (Lipinski definition) is 4. The van der Waals surface area contributed by atoms with E-state index in [0.29, 0.717) is 6.54 Å². The normalized spacial score (nSPS) is 15.0. The number of anilines is 1. The van der Waals surface area contributed by atoms with Gasteiger partial charge in [-0.05, 0) is 36.1 Å². The van der Waals surface area contributed by atoms with Gasteiger partial charge in [0.2, 0.25) is 0 Å². The van der Waals surface area contributed by atoms with Crippen molar-refractivity contribution in [3.8, 4) is 0 Å². The molecule has 1 saturated heterocycles. The van der Waals surface area contributed by atoms with Crippen LogP contribution in [-0.4, -0.2) is 45.4 Å². The minimum Gasteiger partial charge on any atom is -0.378 e. The first kappa shape index (κ1) is 24.0. The molecule has 0 saturated carbocycles. The average Bonchev–Trinajstić information content (AvgIpc) is 3.27. The fraction of sp³-hybridized carbons (Fsp3) is 0.500. The van der Waals surface area contributed by atoms with Gasteiger partial charge in [-0.25, -0.2) is 4.99 Å². The zero-order valence-corrected chi connectivity index (χ0v) is 20.8. The second-order valence-corrected chi connectivity index (χ2v) is 8.62. The number of benzene rings is 1. The maximum Gasteiger partial charge on any atom is 0.191 e. The number of morpholine rings is 1. The fourth-order valence-electron chi connectivity index (χ4n) is 3.20. The summed E-state index contributed by atoms with van der Waals surface area (Å²) in [7, 11) is 0. The average molecular weight is 529 g/mol. The molecule has 0 spiro atoms. The first-order valence-corrected chi connectivity index (χ1v) is 10.9. The van der Waals surface area contributed by atoms with E-state index in [1.807, 2.05) is 0 Å². The Hall–Kier alpha value is -1.32. The van der Waals surface area contributed by atoms with Gasteiger partial charge in [-0.1, -0.05) is 32.0 Å². The van der Waals surface area contributed by atoms with Crippen molar-refractivity contribution in [2.75, 3.05) is 44.3 Å². The van der Waals surface area contributed by atoms with Gasteiger partial charge in [-0.15, -0.1) is 35.3 Å². The second-order valence-electron chi connectivity index (χ2n) is 7.68. The van der Waals surface area contributed by atoms with Gasteiger partial charge >= 0.3 is 0 Å². The molecule has 5 nitrogen and oxygen atoms in total. The van der Waals surface area contributed by atoms with Crippen LogP contribution in [-0.2, 0) is 16.7 Å². The predicted molar refractivity (Wildman–Crippen MR) is 135 cm³/mol. The molecule has 1 aliphatic heterocycles. The number of ether oxygens (including phenoxy) is 1. The quantitative estimate of drug-likeness (QED) is 0.321. The molecule has 1 fully saturated rings. The zero-order chi connectivity index (χ0) is 19.8. The Morgan fingerprint density at radius 1 is 1.14 bits per heavy atom. The third-order valence-electron chi connectivity index (χ3n) is 4.96. The summed E-state index contributed by atoms with van der Waals surface area (Å²) in [5, 5.41) is 9.00. The van der Waals surface area contributed by atoms with Crippen LogP contribution in [0.15, 0.2) is 46.8 Å². The molecule has 2 aromatic rings. The molecule has 0 bridgehead atoms. The molecule has 0 radical (unpaired) electrons. The monoisotopic (exact) mass is 528 g/mol. The van der Waals surface area contributed by atoms with Gasteiger partial charge in [0.05, 0.1) is 19.8 Å². The molecule has 29 heavy (non-hydrogen) atoms. The highest BCUT2D eigenvalue weighted by molar-refractivity contribution is 14.0. The number of nitrogens with one attached hydrogen (secondary N) is 2. The zero-order valence-electron chi connectivity index (χ0n) is 17.6. The van der Waals surface area contributed by atoms with Crippen molar-refractivity contribution < 1.29 is 4.74 Å². The highest BCUT2D eigenvalue weighted by Crippen LogP contribution is 2.26. The summed E-state index contributed by atoms with van der Waals surface area (Å²) in [6.07, 6.45) is 0. The summed E-state index contributed by atoms with van der Waals surface area (Å²) in [5.74, 6) is 0.865. The van der Waals surface area contributed by atoms with E-state index in [1.54, 1.807) is 11.3 Å². The Morgan fingerprint density at radius 2 is 1.86 bits per heavy atom. The number of aliphatic imine (C=N–C) groups is 1. The van der Waals surface area contributed by atoms with Crippen LogP contribution in [0.25, 0.3) is 0 Å². The van der Waals surface area contributed by atoms with Gasteiger partial charge < -0.3 is 20.3 Å². The van der Waals surface area contributed by atoms with Gasteiger partial charge in [0, 0.05) is 42.2 Å². The van der Waals surface area contributed by atoms with E-state index in [0.717, 1.165) is 45.4 Å². The van der Waals surface area contributed by atoms with Gasteiger partial charge in [0.1, 0.15) is 0 Å². The first-order chi connectivity index (χ1) is 13.6. The summed E-state index contributed by atoms with van der Waals surface area (Å²) in [6, 6.07) is 13.0. The number of guanidine groups is 1. The summed E-state index contributed by atoms with van der Waals surface area (Å²) < 4.78 is 5.43. The van der Waals surface area contributed by atoms with Crippen molar-refractivity contribution in [1.29, 1.82) is 0 Å². The van der Waals surface area contributed by atoms with Crippen molar-refractivity contribution in [2.45, 2.75) is 32.7 Å². The van der Waals surface area contributed by atoms with E-state index < -0.39 is 0 Å². The Balaban J connectivity index is 0.00000300. The van der Waals surface area contributed by atoms with Crippen LogP contribution >= 0.6 is 35.3 Å². The van der Waals surface area contributed by atoms with Crippen LogP contribution in [0.1, 0.15) is 31.2 Å². The smallest absolute Gasteiger partial charge is 0.191 e. The van der Waals surface area contributed by atoms with E-state index in [2.05, 4.69) is 78.1 Å². The van der Waals surface area contributed by atoms with Crippen molar-refractivity contribution in [3.63, 3.8) is 0 Å². The molecule has 2 N–H and O–H groups in total. The molecular weight excluding hydrogens is 495 g/mol. The van der Waals surface area contributed by atoms with E-state index in [9.17, 15) is 0 Å². The number of rotatable bonds is 7. The van der Waals surface area contributed by atoms with Gasteiger partial charge in [-0.2, -0.15) is 0 Å². The molecular formula is C22H33IN4OS.